The molecule has 0 aromatic heterocycles. The Morgan fingerprint density at radius 1 is 1.07 bits per heavy atom. The van der Waals surface area contributed by atoms with Crippen LogP contribution in [0.2, 0.25) is 0 Å². The van der Waals surface area contributed by atoms with Gasteiger partial charge < -0.3 is 14.8 Å². The van der Waals surface area contributed by atoms with E-state index in [0.29, 0.717) is 30.9 Å². The summed E-state index contributed by atoms with van der Waals surface area (Å²) in [6.07, 6.45) is 0.820. The van der Waals surface area contributed by atoms with Crippen LogP contribution < -0.4 is 14.8 Å². The smallest absolute Gasteiger partial charge is 0.243 e. The van der Waals surface area contributed by atoms with Crippen molar-refractivity contribution in [2.24, 2.45) is 0 Å². The zero-order chi connectivity index (χ0) is 22.3. The SMILES string of the molecule is COc1ccc(OC)c(CCC(=O)NCc2ccc(S(=O)(=O)N(C)C(C)C)cc2)c1. The van der Waals surface area contributed by atoms with Crippen LogP contribution in [0.25, 0.3) is 0 Å². The van der Waals surface area contributed by atoms with Crippen molar-refractivity contribution in [2.45, 2.75) is 44.2 Å². The van der Waals surface area contributed by atoms with Crippen LogP contribution in [0.5, 0.6) is 11.5 Å². The van der Waals surface area contributed by atoms with Crippen molar-refractivity contribution in [3.63, 3.8) is 0 Å². The van der Waals surface area contributed by atoms with Gasteiger partial charge in [0.15, 0.2) is 0 Å². The molecule has 0 radical (unpaired) electrons. The molecule has 1 N–H and O–H groups in total. The number of nitrogens with zero attached hydrogens (tertiary/aromatic N) is 1. The number of rotatable bonds is 10. The predicted octanol–water partition coefficient (Wildman–Crippen LogP) is 2.98. The van der Waals surface area contributed by atoms with E-state index in [1.54, 1.807) is 45.5 Å². The Labute approximate surface area is 179 Å². The number of amides is 1. The molecule has 8 heteroatoms. The van der Waals surface area contributed by atoms with Crippen LogP contribution in [-0.4, -0.2) is 45.9 Å². The largest absolute Gasteiger partial charge is 0.497 e. The fraction of sp³-hybridized carbons (Fsp3) is 0.409. The van der Waals surface area contributed by atoms with E-state index < -0.39 is 10.0 Å². The summed E-state index contributed by atoms with van der Waals surface area (Å²) < 4.78 is 36.9. The summed E-state index contributed by atoms with van der Waals surface area (Å²) in [5.41, 5.74) is 1.73. The monoisotopic (exact) mass is 434 g/mol. The third-order valence-electron chi connectivity index (χ3n) is 4.93. The first kappa shape index (κ1) is 23.7. The molecule has 0 saturated carbocycles. The van der Waals surface area contributed by atoms with Crippen LogP contribution in [-0.2, 0) is 27.8 Å². The average Bonchev–Trinajstić information content (AvgIpc) is 2.75. The molecule has 1 amide bonds. The van der Waals surface area contributed by atoms with E-state index in [0.717, 1.165) is 11.1 Å². The Kier molecular flexibility index (Phi) is 8.25. The van der Waals surface area contributed by atoms with Gasteiger partial charge in [0, 0.05) is 26.1 Å². The minimum absolute atomic E-state index is 0.101. The maximum Gasteiger partial charge on any atom is 0.243 e. The Morgan fingerprint density at radius 3 is 2.30 bits per heavy atom. The normalized spacial score (nSPS) is 11.6. The van der Waals surface area contributed by atoms with Gasteiger partial charge >= 0.3 is 0 Å². The zero-order valence-corrected chi connectivity index (χ0v) is 19.0. The summed E-state index contributed by atoms with van der Waals surface area (Å²) in [6, 6.07) is 11.9. The van der Waals surface area contributed by atoms with Crippen molar-refractivity contribution in [3.05, 3.63) is 53.6 Å². The molecule has 0 atom stereocenters. The Bertz CT molecular complexity index is 956. The third kappa shape index (κ3) is 5.96. The number of aryl methyl sites for hydroxylation is 1. The van der Waals surface area contributed by atoms with Gasteiger partial charge in [0.1, 0.15) is 11.5 Å². The zero-order valence-electron chi connectivity index (χ0n) is 18.1. The van der Waals surface area contributed by atoms with Gasteiger partial charge in [0.05, 0.1) is 19.1 Å². The van der Waals surface area contributed by atoms with Gasteiger partial charge in [-0.15, -0.1) is 0 Å². The van der Waals surface area contributed by atoms with Gasteiger partial charge in [-0.05, 0) is 61.7 Å². The maximum atomic E-state index is 12.5. The number of nitrogens with one attached hydrogen (secondary N) is 1. The lowest BCUT2D eigenvalue weighted by atomic mass is 10.1. The summed E-state index contributed by atoms with van der Waals surface area (Å²) >= 11 is 0. The number of benzene rings is 2. The average molecular weight is 435 g/mol. The molecule has 0 bridgehead atoms. The summed E-state index contributed by atoms with van der Waals surface area (Å²) in [5, 5.41) is 2.86. The Balaban J connectivity index is 1.93. The van der Waals surface area contributed by atoms with E-state index in [9.17, 15) is 13.2 Å². The number of carbonyl (C=O) groups is 1. The Morgan fingerprint density at radius 2 is 1.73 bits per heavy atom. The highest BCUT2D eigenvalue weighted by molar-refractivity contribution is 7.89. The highest BCUT2D eigenvalue weighted by Gasteiger charge is 2.22. The molecule has 2 aromatic rings. The second kappa shape index (κ2) is 10.4. The fourth-order valence-corrected chi connectivity index (χ4v) is 4.21. The molecular weight excluding hydrogens is 404 g/mol. The quantitative estimate of drug-likeness (QED) is 0.621. The molecule has 2 rings (SSSR count). The lowest BCUT2D eigenvalue weighted by Gasteiger charge is -2.21. The van der Waals surface area contributed by atoms with Crippen LogP contribution in [0, 0.1) is 0 Å². The summed E-state index contributed by atoms with van der Waals surface area (Å²) in [6.45, 7) is 3.97. The van der Waals surface area contributed by atoms with Crippen molar-refractivity contribution in [2.75, 3.05) is 21.3 Å². The molecule has 0 aliphatic rings. The van der Waals surface area contributed by atoms with Crippen LogP contribution in [0.4, 0.5) is 0 Å². The van der Waals surface area contributed by atoms with Crippen molar-refractivity contribution in [1.29, 1.82) is 0 Å². The Hall–Kier alpha value is -2.58. The third-order valence-corrected chi connectivity index (χ3v) is 6.97. The first-order chi connectivity index (χ1) is 14.2. The molecule has 0 saturated heterocycles. The number of sulfonamides is 1. The highest BCUT2D eigenvalue weighted by Crippen LogP contribution is 2.25. The van der Waals surface area contributed by atoms with Crippen molar-refractivity contribution in [1.82, 2.24) is 9.62 Å². The summed E-state index contributed by atoms with van der Waals surface area (Å²) in [7, 11) is 1.23. The molecular formula is C22H30N2O5S. The van der Waals surface area contributed by atoms with Crippen molar-refractivity contribution >= 4 is 15.9 Å². The van der Waals surface area contributed by atoms with Gasteiger partial charge in [-0.1, -0.05) is 12.1 Å². The van der Waals surface area contributed by atoms with Gasteiger partial charge in [0.2, 0.25) is 15.9 Å². The minimum Gasteiger partial charge on any atom is -0.497 e. The lowest BCUT2D eigenvalue weighted by Crippen LogP contribution is -2.33. The van der Waals surface area contributed by atoms with Crippen LogP contribution >= 0.6 is 0 Å². The van der Waals surface area contributed by atoms with Crippen LogP contribution in [0.15, 0.2) is 47.4 Å². The molecule has 0 unspecified atom stereocenters. The van der Waals surface area contributed by atoms with Gasteiger partial charge in [-0.3, -0.25) is 4.79 Å². The molecule has 0 heterocycles. The molecule has 0 aliphatic heterocycles. The standard InChI is InChI=1S/C22H30N2O5S/c1-16(2)24(3)30(26,27)20-10-6-17(7-11-20)15-23-22(25)13-8-18-14-19(28-4)9-12-21(18)29-5/h6-7,9-12,14,16H,8,13,15H2,1-5H3,(H,23,25). The predicted molar refractivity (Wildman–Crippen MR) is 116 cm³/mol. The number of methoxy groups -OCH3 is 2. The second-order valence-electron chi connectivity index (χ2n) is 7.21. The molecule has 0 spiro atoms. The van der Waals surface area contributed by atoms with Crippen LogP contribution in [0.1, 0.15) is 31.4 Å². The van der Waals surface area contributed by atoms with E-state index in [4.69, 9.17) is 9.47 Å². The summed E-state index contributed by atoms with van der Waals surface area (Å²) in [5.74, 6) is 1.33. The minimum atomic E-state index is -3.51. The van der Waals surface area contributed by atoms with Crippen molar-refractivity contribution < 1.29 is 22.7 Å². The van der Waals surface area contributed by atoms with E-state index in [2.05, 4.69) is 5.32 Å². The maximum absolute atomic E-state index is 12.5. The van der Waals surface area contributed by atoms with E-state index >= 15 is 0 Å². The molecule has 30 heavy (non-hydrogen) atoms. The van der Waals surface area contributed by atoms with E-state index in [1.807, 2.05) is 32.0 Å². The fourth-order valence-electron chi connectivity index (χ4n) is 2.84. The van der Waals surface area contributed by atoms with Gasteiger partial charge in [0.25, 0.3) is 0 Å². The number of hydrogen-bond acceptors (Lipinski definition) is 5. The number of carbonyl (C=O) groups excluding carboxylic acids is 1. The van der Waals surface area contributed by atoms with Crippen molar-refractivity contribution in [3.8, 4) is 11.5 Å². The van der Waals surface area contributed by atoms with Gasteiger partial charge in [-0.2, -0.15) is 4.31 Å². The topological polar surface area (TPSA) is 84.9 Å². The molecule has 2 aromatic carbocycles. The van der Waals surface area contributed by atoms with Crippen LogP contribution in [0.3, 0.4) is 0 Å². The first-order valence-corrected chi connectivity index (χ1v) is 11.2. The molecule has 7 nitrogen and oxygen atoms in total. The van der Waals surface area contributed by atoms with E-state index in [1.165, 1.54) is 4.31 Å². The molecule has 0 fully saturated rings. The summed E-state index contributed by atoms with van der Waals surface area (Å²) in [4.78, 5) is 12.5. The molecule has 0 aliphatic carbocycles. The molecule has 164 valence electrons. The highest BCUT2D eigenvalue weighted by atomic mass is 32.2. The number of ether oxygens (including phenoxy) is 2. The lowest BCUT2D eigenvalue weighted by molar-refractivity contribution is -0.121. The first-order valence-electron chi connectivity index (χ1n) is 9.73. The second-order valence-corrected chi connectivity index (χ2v) is 9.21. The van der Waals surface area contributed by atoms with E-state index in [-0.39, 0.29) is 16.8 Å². The van der Waals surface area contributed by atoms with Gasteiger partial charge in [-0.25, -0.2) is 8.42 Å². The number of hydrogen-bond donors (Lipinski definition) is 1.